The maximum atomic E-state index is 13.2. The van der Waals surface area contributed by atoms with Crippen LogP contribution in [0, 0.1) is 0 Å². The molecule has 0 radical (unpaired) electrons. The summed E-state index contributed by atoms with van der Waals surface area (Å²) in [5.74, 6) is -0.236. The zero-order chi connectivity index (χ0) is 20.2. The lowest BCUT2D eigenvalue weighted by molar-refractivity contribution is 0.0697. The number of carbonyl (C=O) groups is 1. The average Bonchev–Trinajstić information content (AvgIpc) is 2.75. The topological polar surface area (TPSA) is 72.2 Å². The minimum Gasteiger partial charge on any atom is -0.478 e. The molecule has 1 heterocycles. The summed E-state index contributed by atoms with van der Waals surface area (Å²) >= 11 is 1.51. The molecule has 0 bridgehead atoms. The second-order valence-electron chi connectivity index (χ2n) is 6.49. The number of nitrogens with zero attached hydrogens (tertiary/aromatic N) is 2. The molecule has 0 saturated carbocycles. The van der Waals surface area contributed by atoms with Crippen LogP contribution >= 0.6 is 11.8 Å². The largest absolute Gasteiger partial charge is 0.478 e. The van der Waals surface area contributed by atoms with Crippen molar-refractivity contribution in [1.82, 2.24) is 9.55 Å². The Morgan fingerprint density at radius 2 is 1.62 bits per heavy atom. The Hall–Kier alpha value is -3.38. The highest BCUT2D eigenvalue weighted by atomic mass is 32.2. The number of aromatic carboxylic acids is 1. The molecule has 6 heteroatoms. The zero-order valence-electron chi connectivity index (χ0n) is 15.5. The first-order valence-corrected chi connectivity index (χ1v) is 10.1. The summed E-state index contributed by atoms with van der Waals surface area (Å²) < 4.78 is 1.56. The number of rotatable bonds is 6. The molecule has 0 aliphatic rings. The van der Waals surface area contributed by atoms with Crippen molar-refractivity contribution in [3.8, 4) is 5.69 Å². The Balaban J connectivity index is 1.74. The van der Waals surface area contributed by atoms with Gasteiger partial charge in [0.25, 0.3) is 5.56 Å². The minimum atomic E-state index is -1.00. The monoisotopic (exact) mass is 402 g/mol. The van der Waals surface area contributed by atoms with Crippen molar-refractivity contribution in [2.24, 2.45) is 0 Å². The molecule has 144 valence electrons. The normalized spacial score (nSPS) is 10.9. The van der Waals surface area contributed by atoms with Crippen LogP contribution in [0.4, 0.5) is 0 Å². The molecule has 29 heavy (non-hydrogen) atoms. The standard InChI is InChI=1S/C23H18N2O3S/c26-21-19-8-4-5-9-20(19)24-23(29-15-14-16-6-2-1-3-7-16)25(21)18-12-10-17(11-13-18)22(27)28/h1-13H,14-15H2,(H,27,28). The molecule has 0 unspecified atom stereocenters. The van der Waals surface area contributed by atoms with Gasteiger partial charge in [0.15, 0.2) is 5.16 Å². The second kappa shape index (κ2) is 8.32. The van der Waals surface area contributed by atoms with Gasteiger partial charge in [-0.1, -0.05) is 54.2 Å². The summed E-state index contributed by atoms with van der Waals surface area (Å²) in [6.45, 7) is 0. The summed E-state index contributed by atoms with van der Waals surface area (Å²) in [5.41, 5.74) is 2.48. The first kappa shape index (κ1) is 19.0. The lowest BCUT2D eigenvalue weighted by Gasteiger charge is -2.13. The van der Waals surface area contributed by atoms with Crippen LogP contribution in [-0.4, -0.2) is 26.4 Å². The van der Waals surface area contributed by atoms with Crippen molar-refractivity contribution in [3.05, 3.63) is 100 Å². The molecule has 0 aliphatic heterocycles. The molecule has 0 atom stereocenters. The van der Waals surface area contributed by atoms with Gasteiger partial charge in [0.1, 0.15) is 0 Å². The number of carboxylic acids is 1. The van der Waals surface area contributed by atoms with E-state index in [4.69, 9.17) is 10.1 Å². The van der Waals surface area contributed by atoms with Crippen LogP contribution in [-0.2, 0) is 6.42 Å². The highest BCUT2D eigenvalue weighted by Gasteiger charge is 2.14. The molecule has 0 saturated heterocycles. The summed E-state index contributed by atoms with van der Waals surface area (Å²) in [5, 5.41) is 10.3. The number of hydrogen-bond donors (Lipinski definition) is 1. The number of fused-ring (bicyclic) bond motifs is 1. The van der Waals surface area contributed by atoms with E-state index in [1.165, 1.54) is 29.5 Å². The number of thioether (sulfide) groups is 1. The van der Waals surface area contributed by atoms with Gasteiger partial charge in [-0.25, -0.2) is 9.78 Å². The van der Waals surface area contributed by atoms with Gasteiger partial charge < -0.3 is 5.11 Å². The Kier molecular flexibility index (Phi) is 5.44. The minimum absolute atomic E-state index is 0.166. The van der Waals surface area contributed by atoms with Gasteiger partial charge in [-0.05, 0) is 48.4 Å². The van der Waals surface area contributed by atoms with Crippen molar-refractivity contribution in [3.63, 3.8) is 0 Å². The molecular weight excluding hydrogens is 384 g/mol. The molecule has 4 rings (SSSR count). The number of aryl methyl sites for hydroxylation is 1. The van der Waals surface area contributed by atoms with E-state index in [9.17, 15) is 9.59 Å². The van der Waals surface area contributed by atoms with Crippen molar-refractivity contribution >= 4 is 28.6 Å². The van der Waals surface area contributed by atoms with E-state index in [1.807, 2.05) is 36.4 Å². The third kappa shape index (κ3) is 4.07. The van der Waals surface area contributed by atoms with Crippen molar-refractivity contribution in [2.45, 2.75) is 11.6 Å². The highest BCUT2D eigenvalue weighted by molar-refractivity contribution is 7.99. The smallest absolute Gasteiger partial charge is 0.335 e. The van der Waals surface area contributed by atoms with E-state index in [2.05, 4.69) is 12.1 Å². The predicted molar refractivity (Wildman–Crippen MR) is 115 cm³/mol. The number of hydrogen-bond acceptors (Lipinski definition) is 4. The van der Waals surface area contributed by atoms with Crippen molar-refractivity contribution < 1.29 is 9.90 Å². The zero-order valence-corrected chi connectivity index (χ0v) is 16.3. The first-order chi connectivity index (χ1) is 14.1. The Labute approximate surface area is 171 Å². The average molecular weight is 402 g/mol. The number of aromatic nitrogens is 2. The van der Waals surface area contributed by atoms with Crippen LogP contribution in [0.15, 0.2) is 88.8 Å². The van der Waals surface area contributed by atoms with Crippen LogP contribution in [0.3, 0.4) is 0 Å². The van der Waals surface area contributed by atoms with E-state index in [-0.39, 0.29) is 11.1 Å². The molecule has 0 aliphatic carbocycles. The molecule has 0 fully saturated rings. The fraction of sp³-hybridized carbons (Fsp3) is 0.0870. The maximum absolute atomic E-state index is 13.2. The van der Waals surface area contributed by atoms with Crippen LogP contribution in [0.5, 0.6) is 0 Å². The molecule has 1 aromatic heterocycles. The lowest BCUT2D eigenvalue weighted by atomic mass is 10.2. The van der Waals surface area contributed by atoms with Crippen LogP contribution in [0.2, 0.25) is 0 Å². The second-order valence-corrected chi connectivity index (χ2v) is 7.55. The van der Waals surface area contributed by atoms with Crippen LogP contribution < -0.4 is 5.56 Å². The number of para-hydroxylation sites is 1. The van der Waals surface area contributed by atoms with Gasteiger partial charge in [0, 0.05) is 5.75 Å². The van der Waals surface area contributed by atoms with Crippen molar-refractivity contribution in [1.29, 1.82) is 0 Å². The summed E-state index contributed by atoms with van der Waals surface area (Å²) in [6.07, 6.45) is 0.853. The number of carboxylic acid groups (broad SMARTS) is 1. The summed E-state index contributed by atoms with van der Waals surface area (Å²) in [7, 11) is 0. The Morgan fingerprint density at radius 3 is 2.34 bits per heavy atom. The van der Waals surface area contributed by atoms with Gasteiger partial charge in [-0.2, -0.15) is 0 Å². The van der Waals surface area contributed by atoms with Crippen molar-refractivity contribution in [2.75, 3.05) is 5.75 Å². The molecule has 0 amide bonds. The lowest BCUT2D eigenvalue weighted by Crippen LogP contribution is -2.22. The molecule has 5 nitrogen and oxygen atoms in total. The SMILES string of the molecule is O=C(O)c1ccc(-n2c(SCCc3ccccc3)nc3ccccc3c2=O)cc1. The molecule has 4 aromatic rings. The van der Waals surface area contributed by atoms with E-state index < -0.39 is 5.97 Å². The van der Waals surface area contributed by atoms with Gasteiger partial charge in [0.05, 0.1) is 22.2 Å². The third-order valence-corrected chi connectivity index (χ3v) is 5.52. The first-order valence-electron chi connectivity index (χ1n) is 9.16. The van der Waals surface area contributed by atoms with Gasteiger partial charge in [-0.3, -0.25) is 9.36 Å². The van der Waals surface area contributed by atoms with Crippen LogP contribution in [0.1, 0.15) is 15.9 Å². The molecule has 3 aromatic carbocycles. The van der Waals surface area contributed by atoms with E-state index in [0.717, 1.165) is 12.2 Å². The van der Waals surface area contributed by atoms with E-state index in [0.29, 0.717) is 21.7 Å². The quantitative estimate of drug-likeness (QED) is 0.382. The van der Waals surface area contributed by atoms with Crippen LogP contribution in [0.25, 0.3) is 16.6 Å². The van der Waals surface area contributed by atoms with Gasteiger partial charge >= 0.3 is 5.97 Å². The van der Waals surface area contributed by atoms with E-state index in [1.54, 1.807) is 22.8 Å². The third-order valence-electron chi connectivity index (χ3n) is 4.58. The fourth-order valence-corrected chi connectivity index (χ4v) is 4.10. The van der Waals surface area contributed by atoms with Gasteiger partial charge in [0.2, 0.25) is 0 Å². The van der Waals surface area contributed by atoms with E-state index >= 15 is 0 Å². The van der Waals surface area contributed by atoms with Gasteiger partial charge in [-0.15, -0.1) is 0 Å². The Morgan fingerprint density at radius 1 is 0.931 bits per heavy atom. The summed E-state index contributed by atoms with van der Waals surface area (Å²) in [4.78, 5) is 29.1. The highest BCUT2D eigenvalue weighted by Crippen LogP contribution is 2.22. The number of benzene rings is 3. The maximum Gasteiger partial charge on any atom is 0.335 e. The summed E-state index contributed by atoms with van der Waals surface area (Å²) in [6, 6.07) is 23.7. The molecule has 0 spiro atoms. The Bertz CT molecular complexity index is 1220. The predicted octanol–water partition coefficient (Wildman–Crippen LogP) is 4.42. The molecule has 1 N–H and O–H groups in total. The fourth-order valence-electron chi connectivity index (χ4n) is 3.09. The molecular formula is C23H18N2O3S.